The van der Waals surface area contributed by atoms with E-state index in [1.807, 2.05) is 4.90 Å². The zero-order valence-electron chi connectivity index (χ0n) is 12.8. The van der Waals surface area contributed by atoms with Crippen LogP contribution in [0.4, 0.5) is 0 Å². The number of carbonyl (C=O) groups is 1. The van der Waals surface area contributed by atoms with E-state index in [1.165, 1.54) is 11.1 Å². The summed E-state index contributed by atoms with van der Waals surface area (Å²) in [5, 5.41) is 0. The second kappa shape index (κ2) is 7.20. The molecule has 5 heteroatoms. The van der Waals surface area contributed by atoms with Crippen molar-refractivity contribution < 1.29 is 9.53 Å². The fourth-order valence-corrected chi connectivity index (χ4v) is 3.30. The molecule has 2 heterocycles. The zero-order chi connectivity index (χ0) is 15.4. The average molecular weight is 318 g/mol. The van der Waals surface area contributed by atoms with E-state index in [4.69, 9.17) is 17.0 Å². The molecule has 2 aliphatic heterocycles. The molecule has 0 spiro atoms. The van der Waals surface area contributed by atoms with Gasteiger partial charge in [-0.25, -0.2) is 0 Å². The number of hydrogen-bond acceptors (Lipinski definition) is 3. The summed E-state index contributed by atoms with van der Waals surface area (Å²) in [7, 11) is 0. The summed E-state index contributed by atoms with van der Waals surface area (Å²) < 4.78 is 5.35. The van der Waals surface area contributed by atoms with Crippen LogP contribution in [0.25, 0.3) is 0 Å². The first kappa shape index (κ1) is 15.4. The van der Waals surface area contributed by atoms with Gasteiger partial charge in [0.25, 0.3) is 0 Å². The number of nitrogens with zero attached hydrogens (tertiary/aromatic N) is 2. The van der Waals surface area contributed by atoms with Crippen LogP contribution in [0.1, 0.15) is 24.0 Å². The number of rotatable bonds is 4. The minimum absolute atomic E-state index is 0.276. The normalized spacial score (nSPS) is 18.8. The highest BCUT2D eigenvalue weighted by Crippen LogP contribution is 2.15. The van der Waals surface area contributed by atoms with Gasteiger partial charge in [-0.1, -0.05) is 36.5 Å². The minimum Gasteiger partial charge on any atom is -0.378 e. The summed E-state index contributed by atoms with van der Waals surface area (Å²) >= 11 is 5.54. The Labute approximate surface area is 137 Å². The molecule has 3 rings (SSSR count). The van der Waals surface area contributed by atoms with Crippen LogP contribution in [0.2, 0.25) is 0 Å². The van der Waals surface area contributed by atoms with Gasteiger partial charge < -0.3 is 14.5 Å². The van der Waals surface area contributed by atoms with Gasteiger partial charge in [0.2, 0.25) is 5.91 Å². The van der Waals surface area contributed by atoms with Gasteiger partial charge in [0, 0.05) is 39.0 Å². The van der Waals surface area contributed by atoms with Crippen LogP contribution in [-0.2, 0) is 22.5 Å². The topological polar surface area (TPSA) is 32.8 Å². The molecule has 118 valence electrons. The first-order chi connectivity index (χ1) is 10.7. The number of likely N-dealkylation sites (tertiary alicyclic amines) is 1. The molecule has 2 fully saturated rings. The monoisotopic (exact) mass is 318 g/mol. The second-order valence-corrected chi connectivity index (χ2v) is 6.38. The Morgan fingerprint density at radius 2 is 1.77 bits per heavy atom. The summed E-state index contributed by atoms with van der Waals surface area (Å²) in [5.74, 6) is 0.276. The minimum atomic E-state index is 0.276. The maximum absolute atomic E-state index is 11.7. The molecular formula is C17H22N2O2S. The lowest BCUT2D eigenvalue weighted by atomic mass is 10.1. The molecule has 1 aromatic rings. The lowest BCUT2D eigenvalue weighted by Gasteiger charge is -2.29. The van der Waals surface area contributed by atoms with Crippen molar-refractivity contribution in [2.45, 2.75) is 25.8 Å². The van der Waals surface area contributed by atoms with Gasteiger partial charge >= 0.3 is 0 Å². The van der Waals surface area contributed by atoms with Gasteiger partial charge in [0.05, 0.1) is 18.2 Å². The van der Waals surface area contributed by atoms with E-state index in [1.54, 1.807) is 0 Å². The van der Waals surface area contributed by atoms with Crippen LogP contribution < -0.4 is 0 Å². The van der Waals surface area contributed by atoms with E-state index in [0.29, 0.717) is 6.42 Å². The lowest BCUT2D eigenvalue weighted by molar-refractivity contribution is -0.128. The van der Waals surface area contributed by atoms with E-state index < -0.39 is 0 Å². The predicted molar refractivity (Wildman–Crippen MR) is 89.8 cm³/mol. The van der Waals surface area contributed by atoms with E-state index in [2.05, 4.69) is 29.2 Å². The molecule has 1 aromatic carbocycles. The highest BCUT2D eigenvalue weighted by molar-refractivity contribution is 7.80. The molecule has 0 atom stereocenters. The van der Waals surface area contributed by atoms with Crippen molar-refractivity contribution in [3.8, 4) is 0 Å². The first-order valence-electron chi connectivity index (χ1n) is 7.93. The maximum atomic E-state index is 11.7. The molecule has 22 heavy (non-hydrogen) atoms. The van der Waals surface area contributed by atoms with Gasteiger partial charge in [-0.15, -0.1) is 0 Å². The maximum Gasteiger partial charge on any atom is 0.222 e. The molecule has 1 amide bonds. The Morgan fingerprint density at radius 3 is 2.41 bits per heavy atom. The van der Waals surface area contributed by atoms with E-state index in [0.717, 1.165) is 57.2 Å². The lowest BCUT2D eigenvalue weighted by Crippen LogP contribution is -2.40. The SMILES string of the molecule is O=C1CCCN1Cc1ccc(CC(=S)N2CCOCC2)cc1. The Kier molecular flexibility index (Phi) is 5.05. The highest BCUT2D eigenvalue weighted by Gasteiger charge is 2.20. The van der Waals surface area contributed by atoms with Crippen molar-refractivity contribution in [1.82, 2.24) is 9.80 Å². The summed E-state index contributed by atoms with van der Waals surface area (Å²) in [6.45, 7) is 4.95. The third kappa shape index (κ3) is 3.84. The largest absolute Gasteiger partial charge is 0.378 e. The van der Waals surface area contributed by atoms with Crippen LogP contribution in [0, 0.1) is 0 Å². The smallest absolute Gasteiger partial charge is 0.222 e. The van der Waals surface area contributed by atoms with Crippen LogP contribution in [0.5, 0.6) is 0 Å². The number of ether oxygens (including phenoxy) is 1. The number of thiocarbonyl (C=S) groups is 1. The van der Waals surface area contributed by atoms with Crippen LogP contribution in [0.3, 0.4) is 0 Å². The van der Waals surface area contributed by atoms with Gasteiger partial charge in [-0.3, -0.25) is 4.79 Å². The Morgan fingerprint density at radius 1 is 1.09 bits per heavy atom. The van der Waals surface area contributed by atoms with Crippen molar-refractivity contribution in [1.29, 1.82) is 0 Å². The molecule has 0 aromatic heterocycles. The summed E-state index contributed by atoms with van der Waals surface area (Å²) in [6, 6.07) is 8.48. The van der Waals surface area contributed by atoms with Gasteiger partial charge in [-0.2, -0.15) is 0 Å². The zero-order valence-corrected chi connectivity index (χ0v) is 13.6. The van der Waals surface area contributed by atoms with Crippen LogP contribution in [-0.4, -0.2) is 53.5 Å². The third-order valence-corrected chi connectivity index (χ3v) is 4.69. The van der Waals surface area contributed by atoms with Gasteiger partial charge in [0.15, 0.2) is 0 Å². The van der Waals surface area contributed by atoms with Crippen molar-refractivity contribution in [3.05, 3.63) is 35.4 Å². The molecule has 0 N–H and O–H groups in total. The fourth-order valence-electron chi connectivity index (χ4n) is 2.95. The number of morpholine rings is 1. The summed E-state index contributed by atoms with van der Waals surface area (Å²) in [5.41, 5.74) is 2.42. The Bertz CT molecular complexity index is 538. The molecule has 2 aliphatic rings. The fraction of sp³-hybridized carbons (Fsp3) is 0.529. The molecule has 0 aliphatic carbocycles. The predicted octanol–water partition coefficient (Wildman–Crippen LogP) is 2.01. The standard InChI is InChI=1S/C17H22N2O2S/c20-16-2-1-7-19(16)13-15-5-3-14(4-6-15)12-17(22)18-8-10-21-11-9-18/h3-6H,1-2,7-13H2. The van der Waals surface area contributed by atoms with Crippen molar-refractivity contribution in [3.63, 3.8) is 0 Å². The quantitative estimate of drug-likeness (QED) is 0.795. The number of hydrogen-bond donors (Lipinski definition) is 0. The van der Waals surface area contributed by atoms with E-state index in [-0.39, 0.29) is 5.91 Å². The van der Waals surface area contributed by atoms with Crippen molar-refractivity contribution in [2.24, 2.45) is 0 Å². The van der Waals surface area contributed by atoms with Crippen molar-refractivity contribution in [2.75, 3.05) is 32.8 Å². The van der Waals surface area contributed by atoms with Gasteiger partial charge in [0.1, 0.15) is 0 Å². The third-order valence-electron chi connectivity index (χ3n) is 4.29. The number of benzene rings is 1. The molecule has 2 saturated heterocycles. The molecule has 4 nitrogen and oxygen atoms in total. The molecular weight excluding hydrogens is 296 g/mol. The summed E-state index contributed by atoms with van der Waals surface area (Å²) in [6.07, 6.45) is 2.49. The Hall–Kier alpha value is -1.46. The van der Waals surface area contributed by atoms with Crippen LogP contribution >= 0.6 is 12.2 Å². The van der Waals surface area contributed by atoms with Gasteiger partial charge in [-0.05, 0) is 17.5 Å². The first-order valence-corrected chi connectivity index (χ1v) is 8.34. The number of amides is 1. The summed E-state index contributed by atoms with van der Waals surface area (Å²) in [4.78, 5) is 16.8. The van der Waals surface area contributed by atoms with E-state index in [9.17, 15) is 4.79 Å². The molecule has 0 saturated carbocycles. The molecule has 0 unspecified atom stereocenters. The van der Waals surface area contributed by atoms with Crippen LogP contribution in [0.15, 0.2) is 24.3 Å². The molecule has 0 radical (unpaired) electrons. The number of carbonyl (C=O) groups excluding carboxylic acids is 1. The second-order valence-electron chi connectivity index (χ2n) is 5.91. The highest BCUT2D eigenvalue weighted by atomic mass is 32.1. The molecule has 0 bridgehead atoms. The average Bonchev–Trinajstić information content (AvgIpc) is 2.95. The van der Waals surface area contributed by atoms with Crippen molar-refractivity contribution >= 4 is 23.1 Å². The van der Waals surface area contributed by atoms with E-state index >= 15 is 0 Å². The Balaban J connectivity index is 1.54.